The maximum Gasteiger partial charge on any atom is 0.191 e. The van der Waals surface area contributed by atoms with Gasteiger partial charge in [-0.3, -0.25) is 9.67 Å². The molecule has 4 rings (SSSR count). The van der Waals surface area contributed by atoms with Crippen molar-refractivity contribution in [1.29, 1.82) is 0 Å². The molecule has 0 amide bonds. The van der Waals surface area contributed by atoms with Crippen molar-refractivity contribution in [2.75, 3.05) is 25.0 Å². The van der Waals surface area contributed by atoms with Crippen LogP contribution in [0.5, 0.6) is 0 Å². The lowest BCUT2D eigenvalue weighted by molar-refractivity contribution is 0.499. The van der Waals surface area contributed by atoms with Crippen molar-refractivity contribution in [1.82, 2.24) is 25.4 Å². The smallest absolute Gasteiger partial charge is 0.191 e. The Kier molecular flexibility index (Phi) is 6.02. The van der Waals surface area contributed by atoms with Crippen LogP contribution >= 0.6 is 0 Å². The molecule has 0 radical (unpaired) electrons. The van der Waals surface area contributed by atoms with Crippen LogP contribution in [0.15, 0.2) is 29.5 Å². The quantitative estimate of drug-likeness (QED) is 0.602. The number of hydrogen-bond donors (Lipinski definition) is 2. The summed E-state index contributed by atoms with van der Waals surface area (Å²) in [5.74, 6) is 1.93. The van der Waals surface area contributed by atoms with E-state index in [9.17, 15) is 0 Å². The van der Waals surface area contributed by atoms with Gasteiger partial charge in [-0.15, -0.1) is 0 Å². The summed E-state index contributed by atoms with van der Waals surface area (Å²) >= 11 is 0. The summed E-state index contributed by atoms with van der Waals surface area (Å²) in [7, 11) is 1.83. The Morgan fingerprint density at radius 2 is 2.10 bits per heavy atom. The van der Waals surface area contributed by atoms with Crippen molar-refractivity contribution >= 4 is 11.8 Å². The Hall–Kier alpha value is -2.57. The molecule has 0 bridgehead atoms. The molecule has 29 heavy (non-hydrogen) atoms. The summed E-state index contributed by atoms with van der Waals surface area (Å²) < 4.78 is 2.08. The average Bonchev–Trinajstić information content (AvgIpc) is 3.41. The number of aromatic nitrogens is 3. The van der Waals surface area contributed by atoms with Crippen LogP contribution < -0.4 is 15.5 Å². The second-order valence-electron chi connectivity index (χ2n) is 8.40. The standard InChI is InChI=1S/C22H33N7/c1-16(2)29-15-18-7-8-19(12-20(18)27-29)26-22(23-3)25-14-17-6-9-21(24-13-17)28-10-4-5-11-28/h6,9,13,15-16,19H,4-5,7-8,10-12,14H2,1-3H3,(H2,23,25,26). The molecule has 1 saturated heterocycles. The zero-order valence-corrected chi connectivity index (χ0v) is 17.9. The molecule has 1 aliphatic heterocycles. The van der Waals surface area contributed by atoms with Crippen LogP contribution in [0.25, 0.3) is 0 Å². The molecule has 1 atom stereocenters. The minimum atomic E-state index is 0.361. The molecular formula is C22H33N7. The first-order chi connectivity index (χ1) is 14.1. The Morgan fingerprint density at radius 1 is 1.28 bits per heavy atom. The number of fused-ring (bicyclic) bond motifs is 1. The predicted molar refractivity (Wildman–Crippen MR) is 117 cm³/mol. The van der Waals surface area contributed by atoms with E-state index in [1.165, 1.54) is 24.1 Å². The van der Waals surface area contributed by atoms with Gasteiger partial charge in [0, 0.05) is 57.6 Å². The van der Waals surface area contributed by atoms with Gasteiger partial charge in [-0.25, -0.2) is 4.98 Å². The monoisotopic (exact) mass is 395 g/mol. The third kappa shape index (κ3) is 4.71. The van der Waals surface area contributed by atoms with Gasteiger partial charge >= 0.3 is 0 Å². The Bertz CT molecular complexity index is 831. The fourth-order valence-corrected chi connectivity index (χ4v) is 4.13. The lowest BCUT2D eigenvalue weighted by Crippen LogP contribution is -2.45. The topological polar surface area (TPSA) is 70.4 Å². The van der Waals surface area contributed by atoms with Crippen LogP contribution in [0.4, 0.5) is 5.82 Å². The van der Waals surface area contributed by atoms with E-state index in [1.54, 1.807) is 0 Å². The number of hydrogen-bond acceptors (Lipinski definition) is 4. The molecule has 2 aliphatic rings. The van der Waals surface area contributed by atoms with E-state index in [0.717, 1.165) is 49.7 Å². The first-order valence-corrected chi connectivity index (χ1v) is 10.9. The number of pyridine rings is 1. The molecule has 1 unspecified atom stereocenters. The molecule has 7 heteroatoms. The fraction of sp³-hybridized carbons (Fsp3) is 0.591. The van der Waals surface area contributed by atoms with Gasteiger partial charge in [0.25, 0.3) is 0 Å². The highest BCUT2D eigenvalue weighted by atomic mass is 15.3. The SMILES string of the molecule is CN=C(NCc1ccc(N2CCCC2)nc1)NC1CCc2cn(C(C)C)nc2C1. The van der Waals surface area contributed by atoms with Crippen LogP contribution in [0.3, 0.4) is 0 Å². The van der Waals surface area contributed by atoms with E-state index >= 15 is 0 Å². The van der Waals surface area contributed by atoms with Crippen LogP contribution in [0.2, 0.25) is 0 Å². The van der Waals surface area contributed by atoms with Gasteiger partial charge in [-0.2, -0.15) is 5.10 Å². The first-order valence-electron chi connectivity index (χ1n) is 10.9. The molecule has 2 aromatic heterocycles. The molecule has 1 fully saturated rings. The van der Waals surface area contributed by atoms with Crippen molar-refractivity contribution in [3.63, 3.8) is 0 Å². The zero-order chi connectivity index (χ0) is 20.2. The zero-order valence-electron chi connectivity index (χ0n) is 17.9. The van der Waals surface area contributed by atoms with E-state index < -0.39 is 0 Å². The lowest BCUT2D eigenvalue weighted by Gasteiger charge is -2.24. The van der Waals surface area contributed by atoms with Crippen molar-refractivity contribution in [2.24, 2.45) is 4.99 Å². The second-order valence-corrected chi connectivity index (χ2v) is 8.40. The lowest BCUT2D eigenvalue weighted by atomic mass is 9.94. The van der Waals surface area contributed by atoms with Crippen molar-refractivity contribution < 1.29 is 0 Å². The average molecular weight is 396 g/mol. The second kappa shape index (κ2) is 8.84. The highest BCUT2D eigenvalue weighted by Gasteiger charge is 2.23. The number of aliphatic imine (C=N–C) groups is 1. The minimum absolute atomic E-state index is 0.361. The maximum absolute atomic E-state index is 4.77. The van der Waals surface area contributed by atoms with Crippen molar-refractivity contribution in [2.45, 2.75) is 64.6 Å². The van der Waals surface area contributed by atoms with Gasteiger partial charge < -0.3 is 15.5 Å². The summed E-state index contributed by atoms with van der Waals surface area (Å²) in [6.07, 6.45) is 9.84. The number of nitrogens with one attached hydrogen (secondary N) is 2. The van der Waals surface area contributed by atoms with Gasteiger partial charge in [0.1, 0.15) is 5.82 Å². The van der Waals surface area contributed by atoms with Gasteiger partial charge in [-0.1, -0.05) is 6.07 Å². The molecule has 7 nitrogen and oxygen atoms in total. The van der Waals surface area contributed by atoms with E-state index in [1.807, 2.05) is 13.2 Å². The molecular weight excluding hydrogens is 362 g/mol. The molecule has 0 saturated carbocycles. The molecule has 2 N–H and O–H groups in total. The largest absolute Gasteiger partial charge is 0.357 e. The third-order valence-electron chi connectivity index (χ3n) is 5.89. The van der Waals surface area contributed by atoms with Crippen LogP contribution in [0, 0.1) is 0 Å². The molecule has 0 aromatic carbocycles. The summed E-state index contributed by atoms with van der Waals surface area (Å²) in [6.45, 7) is 7.31. The molecule has 3 heterocycles. The number of guanidine groups is 1. The van der Waals surface area contributed by atoms with Crippen LogP contribution in [-0.2, 0) is 19.4 Å². The van der Waals surface area contributed by atoms with E-state index in [4.69, 9.17) is 5.10 Å². The highest BCUT2D eigenvalue weighted by molar-refractivity contribution is 5.80. The summed E-state index contributed by atoms with van der Waals surface area (Å²) in [5, 5.41) is 11.8. The summed E-state index contributed by atoms with van der Waals surface area (Å²) in [5.41, 5.74) is 3.78. The molecule has 0 spiro atoms. The van der Waals surface area contributed by atoms with E-state index in [0.29, 0.717) is 18.6 Å². The van der Waals surface area contributed by atoms with Crippen LogP contribution in [0.1, 0.15) is 56.0 Å². The van der Waals surface area contributed by atoms with Gasteiger partial charge in [0.15, 0.2) is 5.96 Å². The predicted octanol–water partition coefficient (Wildman–Crippen LogP) is 2.68. The Balaban J connectivity index is 1.29. The normalized spacial score (nSPS) is 19.5. The minimum Gasteiger partial charge on any atom is -0.357 e. The summed E-state index contributed by atoms with van der Waals surface area (Å²) in [4.78, 5) is 11.4. The Labute approximate surface area is 173 Å². The maximum atomic E-state index is 4.77. The third-order valence-corrected chi connectivity index (χ3v) is 5.89. The van der Waals surface area contributed by atoms with Crippen molar-refractivity contribution in [3.8, 4) is 0 Å². The van der Waals surface area contributed by atoms with E-state index in [-0.39, 0.29) is 0 Å². The first kappa shape index (κ1) is 19.7. The van der Waals surface area contributed by atoms with Gasteiger partial charge in [0.2, 0.25) is 0 Å². The fourth-order valence-electron chi connectivity index (χ4n) is 4.13. The molecule has 2 aromatic rings. The highest BCUT2D eigenvalue weighted by Crippen LogP contribution is 2.22. The number of nitrogens with zero attached hydrogens (tertiary/aromatic N) is 5. The number of rotatable bonds is 5. The molecule has 1 aliphatic carbocycles. The molecule has 156 valence electrons. The van der Waals surface area contributed by atoms with Crippen LogP contribution in [-0.4, -0.2) is 46.9 Å². The number of anilines is 1. The van der Waals surface area contributed by atoms with E-state index in [2.05, 4.69) is 62.4 Å². The van der Waals surface area contributed by atoms with Crippen molar-refractivity contribution in [3.05, 3.63) is 41.3 Å². The van der Waals surface area contributed by atoms with Gasteiger partial charge in [-0.05, 0) is 56.7 Å². The summed E-state index contributed by atoms with van der Waals surface area (Å²) in [6, 6.07) is 5.06. The van der Waals surface area contributed by atoms with Gasteiger partial charge in [0.05, 0.1) is 5.69 Å². The Morgan fingerprint density at radius 3 is 2.79 bits per heavy atom. The number of aryl methyl sites for hydroxylation is 1.